The summed E-state index contributed by atoms with van der Waals surface area (Å²) in [6, 6.07) is 15.9. The summed E-state index contributed by atoms with van der Waals surface area (Å²) in [4.78, 5) is 44.2. The minimum atomic E-state index is -1.36. The van der Waals surface area contributed by atoms with Crippen molar-refractivity contribution in [3.05, 3.63) is 100 Å². The number of hydrogen-bond donors (Lipinski definition) is 3. The molecule has 34 heavy (non-hydrogen) atoms. The van der Waals surface area contributed by atoms with Crippen LogP contribution in [0.2, 0.25) is 0 Å². The first kappa shape index (κ1) is 21.8. The van der Waals surface area contributed by atoms with Crippen molar-refractivity contribution in [2.45, 2.75) is 25.1 Å². The molecule has 0 fully saturated rings. The fraction of sp³-hybridized carbons (Fsp3) is 0.231. The maximum atomic E-state index is 13.7. The van der Waals surface area contributed by atoms with Crippen molar-refractivity contribution in [1.29, 1.82) is 0 Å². The van der Waals surface area contributed by atoms with Gasteiger partial charge in [0, 0.05) is 48.7 Å². The second-order valence-electron chi connectivity index (χ2n) is 8.41. The molecule has 5 rings (SSSR count). The number of aromatic nitrogens is 1. The maximum absolute atomic E-state index is 13.7. The molecule has 172 valence electrons. The molecule has 0 saturated carbocycles. The highest BCUT2D eigenvalue weighted by Crippen LogP contribution is 2.32. The zero-order chi connectivity index (χ0) is 23.7. The number of pyridine rings is 1. The first-order valence-electron chi connectivity index (χ1n) is 11.2. The molecular formula is C26H24N4O4. The molecule has 8 heteroatoms. The normalized spacial score (nSPS) is 17.4. The number of carbonyl (C=O) groups is 3. The number of nitrogens with zero attached hydrogens (tertiary/aromatic N) is 2. The van der Waals surface area contributed by atoms with Gasteiger partial charge in [-0.3, -0.25) is 19.4 Å². The Balaban J connectivity index is 1.42. The molecule has 0 spiro atoms. The molecular weight excluding hydrogens is 432 g/mol. The molecule has 3 N–H and O–H groups in total. The second-order valence-corrected chi connectivity index (χ2v) is 8.41. The Morgan fingerprint density at radius 3 is 2.82 bits per heavy atom. The van der Waals surface area contributed by atoms with Gasteiger partial charge in [0.2, 0.25) is 0 Å². The molecule has 8 nitrogen and oxygen atoms in total. The van der Waals surface area contributed by atoms with Crippen molar-refractivity contribution in [2.24, 2.45) is 0 Å². The van der Waals surface area contributed by atoms with E-state index in [1.165, 1.54) is 6.20 Å². The average Bonchev–Trinajstić information content (AvgIpc) is 3.27. The fourth-order valence-corrected chi connectivity index (χ4v) is 4.71. The number of carbonyl (C=O) groups excluding carboxylic acids is 3. The third-order valence-electron chi connectivity index (χ3n) is 6.47. The molecule has 2 aromatic carbocycles. The van der Waals surface area contributed by atoms with E-state index in [-0.39, 0.29) is 18.4 Å². The van der Waals surface area contributed by atoms with E-state index in [9.17, 15) is 19.5 Å². The fourth-order valence-electron chi connectivity index (χ4n) is 4.71. The molecule has 0 bridgehead atoms. The zero-order valence-corrected chi connectivity index (χ0v) is 18.4. The van der Waals surface area contributed by atoms with Crippen LogP contribution in [0.1, 0.15) is 55.1 Å². The highest BCUT2D eigenvalue weighted by Gasteiger charge is 2.34. The first-order chi connectivity index (χ1) is 16.5. The van der Waals surface area contributed by atoms with Gasteiger partial charge in [0.15, 0.2) is 6.10 Å². The minimum absolute atomic E-state index is 0.144. The van der Waals surface area contributed by atoms with Crippen molar-refractivity contribution in [3.63, 3.8) is 0 Å². The van der Waals surface area contributed by atoms with E-state index < -0.39 is 18.1 Å². The van der Waals surface area contributed by atoms with Crippen LogP contribution in [0.3, 0.4) is 0 Å². The van der Waals surface area contributed by atoms with Crippen LogP contribution in [-0.2, 0) is 17.8 Å². The van der Waals surface area contributed by atoms with E-state index in [1.807, 2.05) is 24.3 Å². The van der Waals surface area contributed by atoms with Crippen molar-refractivity contribution in [1.82, 2.24) is 20.5 Å². The number of aliphatic hydroxyl groups excluding tert-OH is 1. The van der Waals surface area contributed by atoms with Gasteiger partial charge in [-0.1, -0.05) is 36.4 Å². The standard InChI is InChI=1S/C26H24N4O4/c31-23(17-6-4-11-27-13-17)25(33)29-15-22-18-7-2-1-5-16(18)10-12-30(22)26(34)20-9-3-8-19-21(20)14-28-24(19)32/h1-9,11,13,22-23,31H,10,12,14-15H2,(H,28,32)(H,29,33). The Bertz CT molecular complexity index is 1260. The minimum Gasteiger partial charge on any atom is -0.378 e. The van der Waals surface area contributed by atoms with Gasteiger partial charge in [0.05, 0.1) is 6.04 Å². The molecule has 2 atom stereocenters. The molecule has 3 heterocycles. The lowest BCUT2D eigenvalue weighted by Crippen LogP contribution is -2.46. The van der Waals surface area contributed by atoms with Crippen LogP contribution in [0.25, 0.3) is 0 Å². The Morgan fingerprint density at radius 1 is 1.15 bits per heavy atom. The van der Waals surface area contributed by atoms with Gasteiger partial charge >= 0.3 is 0 Å². The number of benzene rings is 2. The number of aliphatic hydroxyl groups is 1. The lowest BCUT2D eigenvalue weighted by atomic mass is 9.91. The van der Waals surface area contributed by atoms with Crippen molar-refractivity contribution < 1.29 is 19.5 Å². The van der Waals surface area contributed by atoms with Gasteiger partial charge < -0.3 is 20.6 Å². The number of rotatable bonds is 5. The van der Waals surface area contributed by atoms with Crippen molar-refractivity contribution in [2.75, 3.05) is 13.1 Å². The van der Waals surface area contributed by atoms with Crippen LogP contribution >= 0.6 is 0 Å². The third-order valence-corrected chi connectivity index (χ3v) is 6.47. The van der Waals surface area contributed by atoms with Crippen molar-refractivity contribution >= 4 is 17.7 Å². The van der Waals surface area contributed by atoms with Crippen LogP contribution in [0.15, 0.2) is 67.0 Å². The van der Waals surface area contributed by atoms with Crippen LogP contribution in [0, 0.1) is 0 Å². The summed E-state index contributed by atoms with van der Waals surface area (Å²) in [5.41, 5.74) is 4.18. The molecule has 0 saturated heterocycles. The van der Waals surface area contributed by atoms with E-state index in [0.29, 0.717) is 41.8 Å². The van der Waals surface area contributed by atoms with Crippen molar-refractivity contribution in [3.8, 4) is 0 Å². The summed E-state index contributed by atoms with van der Waals surface area (Å²) in [5.74, 6) is -0.921. The average molecular weight is 457 g/mol. The number of hydrogen-bond acceptors (Lipinski definition) is 5. The third kappa shape index (κ3) is 3.92. The van der Waals surface area contributed by atoms with Gasteiger partial charge in [-0.2, -0.15) is 0 Å². The highest BCUT2D eigenvalue weighted by molar-refractivity contribution is 6.04. The monoisotopic (exact) mass is 456 g/mol. The topological polar surface area (TPSA) is 112 Å². The predicted octanol–water partition coefficient (Wildman–Crippen LogP) is 1.91. The maximum Gasteiger partial charge on any atom is 0.254 e. The van der Waals surface area contributed by atoms with E-state index in [4.69, 9.17) is 0 Å². The van der Waals surface area contributed by atoms with E-state index in [1.54, 1.807) is 41.4 Å². The van der Waals surface area contributed by atoms with Gasteiger partial charge in [0.1, 0.15) is 0 Å². The summed E-state index contributed by atoms with van der Waals surface area (Å²) < 4.78 is 0. The molecule has 1 aromatic heterocycles. The van der Waals surface area contributed by atoms with E-state index >= 15 is 0 Å². The Labute approximate surface area is 196 Å². The van der Waals surface area contributed by atoms with Crippen LogP contribution in [0.5, 0.6) is 0 Å². The molecule has 2 aliphatic heterocycles. The smallest absolute Gasteiger partial charge is 0.254 e. The lowest BCUT2D eigenvalue weighted by Gasteiger charge is -2.38. The Hall–Kier alpha value is -4.04. The van der Waals surface area contributed by atoms with Gasteiger partial charge in [0.25, 0.3) is 17.7 Å². The number of amides is 3. The summed E-state index contributed by atoms with van der Waals surface area (Å²) in [5, 5.41) is 16.0. The predicted molar refractivity (Wildman–Crippen MR) is 124 cm³/mol. The zero-order valence-electron chi connectivity index (χ0n) is 18.4. The van der Waals surface area contributed by atoms with Crippen LogP contribution in [0.4, 0.5) is 0 Å². The first-order valence-corrected chi connectivity index (χ1v) is 11.2. The summed E-state index contributed by atoms with van der Waals surface area (Å²) in [6.07, 6.45) is 2.35. The molecule has 0 radical (unpaired) electrons. The second kappa shape index (κ2) is 9.07. The van der Waals surface area contributed by atoms with Gasteiger partial charge in [-0.15, -0.1) is 0 Å². The Morgan fingerprint density at radius 2 is 2.00 bits per heavy atom. The van der Waals surface area contributed by atoms with E-state index in [0.717, 1.165) is 11.1 Å². The van der Waals surface area contributed by atoms with Gasteiger partial charge in [-0.05, 0) is 41.3 Å². The molecule has 2 unspecified atom stereocenters. The highest BCUT2D eigenvalue weighted by atomic mass is 16.3. The van der Waals surface area contributed by atoms with Crippen LogP contribution < -0.4 is 10.6 Å². The van der Waals surface area contributed by atoms with E-state index in [2.05, 4.69) is 15.6 Å². The van der Waals surface area contributed by atoms with Gasteiger partial charge in [-0.25, -0.2) is 0 Å². The summed E-state index contributed by atoms with van der Waals surface area (Å²) in [6.45, 7) is 0.941. The van der Waals surface area contributed by atoms with Crippen LogP contribution in [-0.4, -0.2) is 45.8 Å². The Kier molecular flexibility index (Phi) is 5.81. The largest absolute Gasteiger partial charge is 0.378 e. The quantitative estimate of drug-likeness (QED) is 0.543. The SMILES string of the molecule is O=C1NCc2c1cccc2C(=O)N1CCc2ccccc2C1CNC(=O)C(O)c1cccnc1. The molecule has 3 amide bonds. The summed E-state index contributed by atoms with van der Waals surface area (Å²) in [7, 11) is 0. The number of fused-ring (bicyclic) bond motifs is 2. The molecule has 2 aliphatic rings. The molecule has 0 aliphatic carbocycles. The molecule has 3 aromatic rings. The lowest BCUT2D eigenvalue weighted by molar-refractivity contribution is -0.129. The number of nitrogens with one attached hydrogen (secondary N) is 2. The summed E-state index contributed by atoms with van der Waals surface area (Å²) >= 11 is 0.